The fourth-order valence-corrected chi connectivity index (χ4v) is 3.15. The van der Waals surface area contributed by atoms with Crippen LogP contribution in [0.1, 0.15) is 0 Å². The van der Waals surface area contributed by atoms with Crippen LogP contribution in [0.15, 0.2) is 68.7 Å². The monoisotopic (exact) mass is 276 g/mol. The van der Waals surface area contributed by atoms with Crippen LogP contribution in [0.3, 0.4) is 0 Å². The molecule has 6 heteroatoms. The second-order valence-corrected chi connectivity index (χ2v) is 5.61. The number of hydrogen-bond donors (Lipinski definition) is 0. The summed E-state index contributed by atoms with van der Waals surface area (Å²) in [6.07, 6.45) is 0. The summed E-state index contributed by atoms with van der Waals surface area (Å²) in [7, 11) is 3.14. The standard InChI is InChI=1S/C12H8N2O2S2/c15-13-9-1-5-11(6-2-9)17-18-12-7-3-10(14-16)4-8-12/h1-8H. The maximum atomic E-state index is 10.3. The van der Waals surface area contributed by atoms with E-state index < -0.39 is 0 Å². The maximum absolute atomic E-state index is 10.3. The molecule has 0 unspecified atom stereocenters. The van der Waals surface area contributed by atoms with Gasteiger partial charge in [-0.05, 0) is 58.9 Å². The Morgan fingerprint density at radius 3 is 1.22 bits per heavy atom. The van der Waals surface area contributed by atoms with E-state index in [9.17, 15) is 9.81 Å². The predicted octanol–water partition coefficient (Wildman–Crippen LogP) is 5.28. The first kappa shape index (κ1) is 12.8. The van der Waals surface area contributed by atoms with Crippen LogP contribution in [-0.2, 0) is 0 Å². The average molecular weight is 276 g/mol. The molecule has 18 heavy (non-hydrogen) atoms. The van der Waals surface area contributed by atoms with Crippen LogP contribution in [0.2, 0.25) is 0 Å². The van der Waals surface area contributed by atoms with Crippen LogP contribution >= 0.6 is 21.6 Å². The first-order chi connectivity index (χ1) is 8.81. The van der Waals surface area contributed by atoms with Crippen LogP contribution < -0.4 is 0 Å². The summed E-state index contributed by atoms with van der Waals surface area (Å²) in [5.41, 5.74) is 0.844. The van der Waals surface area contributed by atoms with Gasteiger partial charge in [-0.1, -0.05) is 21.6 Å². The van der Waals surface area contributed by atoms with Crippen LogP contribution in [0.25, 0.3) is 0 Å². The number of rotatable bonds is 5. The maximum Gasteiger partial charge on any atom is 0.108 e. The molecule has 0 bridgehead atoms. The molecule has 0 fully saturated rings. The summed E-state index contributed by atoms with van der Waals surface area (Å²) in [5.74, 6) is 0. The molecule has 0 aromatic heterocycles. The van der Waals surface area contributed by atoms with Gasteiger partial charge in [-0.3, -0.25) is 0 Å². The van der Waals surface area contributed by atoms with Crippen molar-refractivity contribution >= 4 is 33.0 Å². The molecule has 0 spiro atoms. The van der Waals surface area contributed by atoms with Gasteiger partial charge < -0.3 is 0 Å². The third-order valence-corrected chi connectivity index (χ3v) is 4.54. The van der Waals surface area contributed by atoms with Gasteiger partial charge in [0.15, 0.2) is 0 Å². The Morgan fingerprint density at radius 2 is 0.944 bits per heavy atom. The van der Waals surface area contributed by atoms with Crippen LogP contribution in [0, 0.1) is 9.81 Å². The van der Waals surface area contributed by atoms with Crippen LogP contribution in [-0.4, -0.2) is 0 Å². The summed E-state index contributed by atoms with van der Waals surface area (Å²) in [4.78, 5) is 22.6. The fourth-order valence-electron chi connectivity index (χ4n) is 1.22. The summed E-state index contributed by atoms with van der Waals surface area (Å²) in [6.45, 7) is 0. The Balaban J connectivity index is 1.97. The zero-order valence-corrected chi connectivity index (χ0v) is 10.8. The highest BCUT2D eigenvalue weighted by Gasteiger charge is 1.99. The minimum absolute atomic E-state index is 0.422. The minimum atomic E-state index is 0.422. The van der Waals surface area contributed by atoms with Gasteiger partial charge in [0.05, 0.1) is 0 Å². The first-order valence-corrected chi connectivity index (χ1v) is 7.18. The largest absolute Gasteiger partial charge is 0.145 e. The molecule has 0 heterocycles. The van der Waals surface area contributed by atoms with Crippen LogP contribution in [0.4, 0.5) is 11.4 Å². The number of hydrogen-bond acceptors (Lipinski definition) is 6. The molecule has 0 saturated heterocycles. The Bertz CT molecular complexity index is 490. The van der Waals surface area contributed by atoms with Gasteiger partial charge in [-0.25, -0.2) is 0 Å². The molecule has 0 radical (unpaired) electrons. The lowest BCUT2D eigenvalue weighted by molar-refractivity contribution is 1.41. The highest BCUT2D eigenvalue weighted by molar-refractivity contribution is 8.76. The molecule has 0 atom stereocenters. The summed E-state index contributed by atoms with van der Waals surface area (Å²) in [5, 5.41) is 5.69. The highest BCUT2D eigenvalue weighted by atomic mass is 33.1. The van der Waals surface area contributed by atoms with E-state index in [4.69, 9.17) is 0 Å². The average Bonchev–Trinajstić information content (AvgIpc) is 2.46. The van der Waals surface area contributed by atoms with Gasteiger partial charge in [0.25, 0.3) is 0 Å². The topological polar surface area (TPSA) is 58.9 Å². The number of nitrogens with zero attached hydrogens (tertiary/aromatic N) is 2. The molecule has 2 rings (SSSR count). The normalized spacial score (nSPS) is 10.0. The number of nitroso groups, excluding NO2 is 2. The lowest BCUT2D eigenvalue weighted by Gasteiger charge is -2.01. The minimum Gasteiger partial charge on any atom is -0.145 e. The molecular weight excluding hydrogens is 268 g/mol. The van der Waals surface area contributed by atoms with E-state index >= 15 is 0 Å². The van der Waals surface area contributed by atoms with E-state index in [0.717, 1.165) is 9.79 Å². The van der Waals surface area contributed by atoms with E-state index in [1.54, 1.807) is 45.9 Å². The Hall–Kier alpha value is -1.66. The SMILES string of the molecule is O=Nc1ccc(SSc2ccc(N=O)cc2)cc1. The lowest BCUT2D eigenvalue weighted by Crippen LogP contribution is -1.69. The lowest BCUT2D eigenvalue weighted by atomic mass is 10.3. The first-order valence-electron chi connectivity index (χ1n) is 5.03. The molecule has 4 nitrogen and oxygen atoms in total. The van der Waals surface area contributed by atoms with Crippen molar-refractivity contribution in [3.63, 3.8) is 0 Å². The van der Waals surface area contributed by atoms with Crippen molar-refractivity contribution in [2.24, 2.45) is 10.4 Å². The summed E-state index contributed by atoms with van der Waals surface area (Å²) >= 11 is 0. The quantitative estimate of drug-likeness (QED) is 0.550. The second kappa shape index (κ2) is 6.32. The molecule has 0 aliphatic rings. The Labute approximate surface area is 112 Å². The summed E-state index contributed by atoms with van der Waals surface area (Å²) < 4.78 is 0. The number of benzene rings is 2. The van der Waals surface area contributed by atoms with E-state index in [2.05, 4.69) is 10.4 Å². The fraction of sp³-hybridized carbons (Fsp3) is 0. The van der Waals surface area contributed by atoms with Gasteiger partial charge in [0.1, 0.15) is 11.4 Å². The van der Waals surface area contributed by atoms with Crippen molar-refractivity contribution < 1.29 is 0 Å². The third-order valence-electron chi connectivity index (χ3n) is 2.12. The molecular formula is C12H8N2O2S2. The third kappa shape index (κ3) is 3.41. The van der Waals surface area contributed by atoms with E-state index in [1.165, 1.54) is 0 Å². The van der Waals surface area contributed by atoms with Crippen molar-refractivity contribution in [3.8, 4) is 0 Å². The zero-order valence-electron chi connectivity index (χ0n) is 9.15. The van der Waals surface area contributed by atoms with E-state index in [1.807, 2.05) is 24.3 Å². The molecule has 2 aromatic carbocycles. The van der Waals surface area contributed by atoms with E-state index in [0.29, 0.717) is 11.4 Å². The zero-order chi connectivity index (χ0) is 12.8. The van der Waals surface area contributed by atoms with E-state index in [-0.39, 0.29) is 0 Å². The predicted molar refractivity (Wildman–Crippen MR) is 75.5 cm³/mol. The molecule has 0 N–H and O–H groups in total. The van der Waals surface area contributed by atoms with Gasteiger partial charge in [0, 0.05) is 9.79 Å². The van der Waals surface area contributed by atoms with Crippen molar-refractivity contribution in [2.45, 2.75) is 9.79 Å². The van der Waals surface area contributed by atoms with Crippen molar-refractivity contribution in [3.05, 3.63) is 58.3 Å². The van der Waals surface area contributed by atoms with Crippen LogP contribution in [0.5, 0.6) is 0 Å². The molecule has 2 aromatic rings. The van der Waals surface area contributed by atoms with Gasteiger partial charge in [0.2, 0.25) is 0 Å². The van der Waals surface area contributed by atoms with Crippen molar-refractivity contribution in [2.75, 3.05) is 0 Å². The van der Waals surface area contributed by atoms with Crippen molar-refractivity contribution in [1.29, 1.82) is 0 Å². The van der Waals surface area contributed by atoms with Gasteiger partial charge in [-0.15, -0.1) is 9.81 Å². The highest BCUT2D eigenvalue weighted by Crippen LogP contribution is 2.38. The molecule has 90 valence electrons. The summed E-state index contributed by atoms with van der Waals surface area (Å²) in [6, 6.07) is 14.1. The molecule has 0 aliphatic carbocycles. The molecule has 0 aliphatic heterocycles. The van der Waals surface area contributed by atoms with Crippen molar-refractivity contribution in [1.82, 2.24) is 0 Å². The smallest absolute Gasteiger partial charge is 0.108 e. The molecule has 0 saturated carbocycles. The molecule has 0 amide bonds. The van der Waals surface area contributed by atoms with Gasteiger partial charge in [-0.2, -0.15) is 0 Å². The second-order valence-electron chi connectivity index (χ2n) is 3.34. The van der Waals surface area contributed by atoms with Gasteiger partial charge >= 0.3 is 0 Å². The Kier molecular flexibility index (Phi) is 4.49. The Morgan fingerprint density at radius 1 is 0.611 bits per heavy atom.